The van der Waals surface area contributed by atoms with Gasteiger partial charge in [0.05, 0.1) is 62.5 Å². The standard InChI is InChI=1S/C65H94N10O17S/c1-13-37(6)52(46(89-11)32-50(79)73-28-17-20-43(73)57(90-12)38(7)59(83)70-42(62-68-27-29-93-62)30-39-18-15-14-16-19-39)72(8)63(86)51(35(2)3)71-61(85)53(36(4)5)75(9,10)34-40-21-22-45(91-65-56(82)54(80)55(81)58(92-65)64(87)88)41(31-40)69-47(76)25-26-67-60(84)44(33-66)74-48(77)23-24-49(74)78/h14-16,18-19,21-24,27,29,31,35-38,42-44,46,51-58,65,80-82H,13,17,20,25-26,28,30,32-34,66H2,1-12H3,(H4-,67,69,70,71,76,83,84,85,87,88)/p+1/t37-,38+,42-,43-,44-,46?,51-,52-,53-,54-,55-,56+,57+,58-,65+/m0/s1. The number of thiazole rings is 1. The van der Waals surface area contributed by atoms with E-state index in [2.05, 4.69) is 26.3 Å². The lowest BCUT2D eigenvalue weighted by atomic mass is 9.89. The average Bonchev–Trinajstić information content (AvgIpc) is 1.41. The number of carbonyl (C=O) groups excluding carboxylic acids is 8. The van der Waals surface area contributed by atoms with Gasteiger partial charge in [-0.1, -0.05) is 85.2 Å². The van der Waals surface area contributed by atoms with Gasteiger partial charge in [0.25, 0.3) is 17.7 Å². The molecule has 4 heterocycles. The first-order valence-electron chi connectivity index (χ1n) is 31.5. The van der Waals surface area contributed by atoms with Gasteiger partial charge in [0.15, 0.2) is 12.1 Å². The number of aromatic nitrogens is 1. The molecule has 15 atom stereocenters. The molecule has 8 amide bonds. The number of anilines is 1. The molecule has 93 heavy (non-hydrogen) atoms. The number of nitrogens with zero attached hydrogens (tertiary/aromatic N) is 5. The molecule has 1 aromatic heterocycles. The highest BCUT2D eigenvalue weighted by Crippen LogP contribution is 2.35. The zero-order valence-electron chi connectivity index (χ0n) is 55.1. The van der Waals surface area contributed by atoms with E-state index in [1.165, 1.54) is 30.6 Å². The van der Waals surface area contributed by atoms with Crippen molar-refractivity contribution in [3.8, 4) is 5.75 Å². The summed E-state index contributed by atoms with van der Waals surface area (Å²) in [6.45, 7) is 13.0. The number of aliphatic hydroxyl groups is 3. The molecule has 0 aliphatic carbocycles. The van der Waals surface area contributed by atoms with Gasteiger partial charge in [0.1, 0.15) is 47.7 Å². The van der Waals surface area contributed by atoms with E-state index in [0.29, 0.717) is 42.7 Å². The van der Waals surface area contributed by atoms with Crippen LogP contribution in [0, 0.1) is 23.7 Å². The molecule has 2 aromatic carbocycles. The average molecular weight is 1320 g/mol. The van der Waals surface area contributed by atoms with Crippen LogP contribution in [0.1, 0.15) is 103 Å². The Labute approximate surface area is 547 Å². The number of aliphatic hydroxyl groups excluding tert-OH is 3. The predicted octanol–water partition coefficient (Wildman–Crippen LogP) is 1.87. The van der Waals surface area contributed by atoms with E-state index >= 15 is 4.79 Å². The number of likely N-dealkylation sites (N-methyl/N-ethyl adjacent to an activating group) is 2. The van der Waals surface area contributed by atoms with Crippen LogP contribution < -0.4 is 31.7 Å². The van der Waals surface area contributed by atoms with Gasteiger partial charge in [-0.2, -0.15) is 0 Å². The molecule has 0 radical (unpaired) electrons. The summed E-state index contributed by atoms with van der Waals surface area (Å²) in [5, 5.41) is 55.7. The van der Waals surface area contributed by atoms with Crippen molar-refractivity contribution >= 4 is 70.3 Å². The Kier molecular flexibility index (Phi) is 27.1. The number of carboxylic acid groups (broad SMARTS) is 1. The van der Waals surface area contributed by atoms with Crippen molar-refractivity contribution in [1.82, 2.24) is 35.6 Å². The summed E-state index contributed by atoms with van der Waals surface area (Å²) in [4.78, 5) is 131. The number of imide groups is 1. The first-order chi connectivity index (χ1) is 44.0. The molecule has 0 saturated carbocycles. The van der Waals surface area contributed by atoms with E-state index in [9.17, 15) is 58.8 Å². The van der Waals surface area contributed by atoms with E-state index in [4.69, 9.17) is 24.7 Å². The Morgan fingerprint density at radius 3 is 2.13 bits per heavy atom. The highest BCUT2D eigenvalue weighted by atomic mass is 32.1. The second-order valence-electron chi connectivity index (χ2n) is 25.5. The monoisotopic (exact) mass is 1320 g/mol. The first-order valence-corrected chi connectivity index (χ1v) is 32.4. The van der Waals surface area contributed by atoms with Gasteiger partial charge in [-0.05, 0) is 54.9 Å². The smallest absolute Gasteiger partial charge is 0.335 e. The van der Waals surface area contributed by atoms with Crippen LogP contribution in [0.3, 0.4) is 0 Å². The van der Waals surface area contributed by atoms with E-state index in [1.807, 2.05) is 91.3 Å². The fourth-order valence-corrected chi connectivity index (χ4v) is 13.6. The molecule has 1 unspecified atom stereocenters. The minimum Gasteiger partial charge on any atom is -0.479 e. The lowest BCUT2D eigenvalue weighted by molar-refractivity contribution is -0.922. The zero-order valence-corrected chi connectivity index (χ0v) is 55.9. The van der Waals surface area contributed by atoms with Crippen molar-refractivity contribution in [2.45, 2.75) is 173 Å². The van der Waals surface area contributed by atoms with Gasteiger partial charge in [0.2, 0.25) is 35.8 Å². The molecule has 512 valence electrons. The Morgan fingerprint density at radius 1 is 0.871 bits per heavy atom. The third-order valence-electron chi connectivity index (χ3n) is 17.8. The molecule has 3 aliphatic rings. The van der Waals surface area contributed by atoms with E-state index in [-0.39, 0.29) is 71.5 Å². The molecular formula is C65H95N10O17S+. The largest absolute Gasteiger partial charge is 0.479 e. The van der Waals surface area contributed by atoms with Crippen molar-refractivity contribution in [2.75, 3.05) is 60.3 Å². The number of rotatable bonds is 33. The quantitative estimate of drug-likeness (QED) is 0.0310. The topological polar surface area (TPSA) is 368 Å². The molecular weight excluding hydrogens is 1220 g/mol. The fraction of sp³-hybridized carbons (Fsp3) is 0.600. The molecule has 27 nitrogen and oxygen atoms in total. The summed E-state index contributed by atoms with van der Waals surface area (Å²) >= 11 is 1.46. The number of quaternary nitrogens is 1. The second kappa shape index (κ2) is 33.7. The number of methoxy groups -OCH3 is 2. The number of hydrogen-bond acceptors (Lipinski definition) is 19. The lowest BCUT2D eigenvalue weighted by Crippen LogP contribution is -2.63. The highest BCUT2D eigenvalue weighted by molar-refractivity contribution is 7.09. The van der Waals surface area contributed by atoms with Crippen LogP contribution in [0.15, 0.2) is 72.3 Å². The number of benzene rings is 2. The third kappa shape index (κ3) is 18.6. The van der Waals surface area contributed by atoms with Crippen LogP contribution >= 0.6 is 11.3 Å². The fourth-order valence-electron chi connectivity index (χ4n) is 12.9. The molecule has 3 aromatic rings. The maximum absolute atomic E-state index is 15.1. The molecule has 2 saturated heterocycles. The number of ether oxygens (including phenoxy) is 4. The van der Waals surface area contributed by atoms with Crippen molar-refractivity contribution in [3.05, 3.63) is 88.4 Å². The molecule has 28 heteroatoms. The molecule has 2 fully saturated rings. The number of nitrogens with one attached hydrogen (secondary N) is 4. The summed E-state index contributed by atoms with van der Waals surface area (Å²) in [5.41, 5.74) is 7.25. The van der Waals surface area contributed by atoms with Crippen LogP contribution in [0.2, 0.25) is 0 Å². The maximum Gasteiger partial charge on any atom is 0.335 e. The summed E-state index contributed by atoms with van der Waals surface area (Å²) < 4.78 is 23.5. The first kappa shape index (κ1) is 74.8. The van der Waals surface area contributed by atoms with Crippen molar-refractivity contribution < 1.29 is 87.0 Å². The summed E-state index contributed by atoms with van der Waals surface area (Å²) in [6.07, 6.45) is -5.66. The second-order valence-corrected chi connectivity index (χ2v) is 26.4. The van der Waals surface area contributed by atoms with Crippen molar-refractivity contribution in [2.24, 2.45) is 29.4 Å². The van der Waals surface area contributed by atoms with Crippen LogP contribution in [0.5, 0.6) is 5.75 Å². The minimum absolute atomic E-state index is 0.0255. The molecule has 6 rings (SSSR count). The molecule has 3 aliphatic heterocycles. The highest BCUT2D eigenvalue weighted by Gasteiger charge is 2.49. The third-order valence-corrected chi connectivity index (χ3v) is 18.7. The number of amides is 8. The SMILES string of the molecule is CC[C@H](C)[C@@H](C(CC(=O)N1CCC[C@H]1[C@H](OC)[C@@H](C)C(=O)N[C@@H](Cc1ccccc1)c1nccs1)OC)N(C)C(=O)[C@@H](NC(=O)[C@H](C(C)C)[N+](C)(C)Cc1ccc(O[C@@H]2O[C@H](C(=O)O)[C@@H](O)[C@H](O)[C@H]2O)c(NC(=O)CCNC(=O)[C@H](CN)N2C(=O)C=CC2=O)c1)C(C)C. The zero-order chi connectivity index (χ0) is 68.8. The number of carboxylic acids is 1. The minimum atomic E-state index is -2.02. The van der Waals surface area contributed by atoms with Crippen LogP contribution in [-0.4, -0.2) is 226 Å². The summed E-state index contributed by atoms with van der Waals surface area (Å²) in [5.74, 6) is -7.71. The molecule has 0 spiro atoms. The lowest BCUT2D eigenvalue weighted by Gasteiger charge is -2.42. The number of carbonyl (C=O) groups is 9. The van der Waals surface area contributed by atoms with E-state index in [0.717, 1.165) is 22.7 Å². The van der Waals surface area contributed by atoms with Crippen LogP contribution in [0.25, 0.3) is 0 Å². The summed E-state index contributed by atoms with van der Waals surface area (Å²) in [7, 11) is 8.34. The van der Waals surface area contributed by atoms with Crippen LogP contribution in [0.4, 0.5) is 5.69 Å². The Bertz CT molecular complexity index is 3080. The van der Waals surface area contributed by atoms with Gasteiger partial charge in [-0.3, -0.25) is 43.3 Å². The number of hydrogen-bond donors (Lipinski definition) is 9. The van der Waals surface area contributed by atoms with Crippen LogP contribution in [-0.2, 0) is 70.3 Å². The van der Waals surface area contributed by atoms with Gasteiger partial charge in [-0.25, -0.2) is 9.78 Å². The van der Waals surface area contributed by atoms with Gasteiger partial charge in [-0.15, -0.1) is 11.3 Å². The predicted molar refractivity (Wildman–Crippen MR) is 342 cm³/mol. The Morgan fingerprint density at radius 2 is 1.55 bits per heavy atom. The number of likely N-dealkylation sites (tertiary alicyclic amines) is 1. The molecule has 0 bridgehead atoms. The normalized spacial score (nSPS) is 22.1. The Hall–Kier alpha value is -7.28. The maximum atomic E-state index is 15.1. The van der Waals surface area contributed by atoms with Crippen molar-refractivity contribution in [1.29, 1.82) is 0 Å². The van der Waals surface area contributed by atoms with E-state index < -0.39 is 133 Å². The Balaban J connectivity index is 1.17. The molecule has 10 N–H and O–H groups in total. The van der Waals surface area contributed by atoms with Gasteiger partial charge < -0.3 is 80.7 Å². The van der Waals surface area contributed by atoms with E-state index in [1.54, 1.807) is 43.1 Å². The number of nitrogens with two attached hydrogens (primary N) is 1. The van der Waals surface area contributed by atoms with Crippen molar-refractivity contribution in [3.63, 3.8) is 0 Å². The number of aliphatic carboxylic acids is 1. The van der Waals surface area contributed by atoms with Gasteiger partial charge in [0, 0.05) is 82.5 Å². The summed E-state index contributed by atoms with van der Waals surface area (Å²) in [6, 6.07) is 9.65. The van der Waals surface area contributed by atoms with Gasteiger partial charge >= 0.3 is 5.97 Å².